The number of unbranched alkanes of at least 4 members (excludes halogenated alkanes) is 2. The summed E-state index contributed by atoms with van der Waals surface area (Å²) in [5.74, 6) is 3.67. The zero-order valence-electron chi connectivity index (χ0n) is 17.4. The van der Waals surface area contributed by atoms with Crippen molar-refractivity contribution in [3.63, 3.8) is 0 Å². The van der Waals surface area contributed by atoms with Crippen molar-refractivity contribution in [2.75, 3.05) is 0 Å². The molecule has 0 radical (unpaired) electrons. The summed E-state index contributed by atoms with van der Waals surface area (Å²) in [6.45, 7) is 4.49. The fourth-order valence-corrected chi connectivity index (χ4v) is 5.22. The first kappa shape index (κ1) is 21.6. The summed E-state index contributed by atoms with van der Waals surface area (Å²) in [4.78, 5) is 24.6. The molecule has 2 heteroatoms. The van der Waals surface area contributed by atoms with Gasteiger partial charge in [0.05, 0.1) is 0 Å². The van der Waals surface area contributed by atoms with Crippen molar-refractivity contribution < 1.29 is 9.59 Å². The van der Waals surface area contributed by atoms with Crippen molar-refractivity contribution in [1.29, 1.82) is 0 Å². The van der Waals surface area contributed by atoms with E-state index >= 15 is 0 Å². The third-order valence-corrected chi connectivity index (χ3v) is 7.09. The molecule has 0 saturated heterocycles. The molecule has 0 heterocycles. The molecule has 4 unspecified atom stereocenters. The molecule has 0 aromatic heterocycles. The van der Waals surface area contributed by atoms with Gasteiger partial charge in [-0.15, -0.1) is 0 Å². The highest BCUT2D eigenvalue weighted by molar-refractivity contribution is 5.81. The summed E-state index contributed by atoms with van der Waals surface area (Å²) in [6, 6.07) is 0. The highest BCUT2D eigenvalue weighted by atomic mass is 16.1. The summed E-state index contributed by atoms with van der Waals surface area (Å²) in [6.07, 6.45) is 17.9. The SMILES string of the molecule is CCCCC(C)CCC(=O)CCCCC(=O)C1CCC2CCCCC2C1. The molecule has 4 atom stereocenters. The smallest absolute Gasteiger partial charge is 0.135 e. The van der Waals surface area contributed by atoms with Crippen LogP contribution in [0, 0.1) is 23.7 Å². The lowest BCUT2D eigenvalue weighted by Gasteiger charge is -2.38. The normalized spacial score (nSPS) is 26.9. The van der Waals surface area contributed by atoms with Crippen LogP contribution in [0.5, 0.6) is 0 Å². The molecule has 2 saturated carbocycles. The standard InChI is InChI=1S/C24H42O2/c1-3-4-9-19(2)14-17-23(25)12-7-8-13-24(26)22-16-15-20-10-5-6-11-21(20)18-22/h19-22H,3-18H2,1-2H3. The molecule has 2 fully saturated rings. The first-order valence-corrected chi connectivity index (χ1v) is 11.6. The Morgan fingerprint density at radius 3 is 2.35 bits per heavy atom. The van der Waals surface area contributed by atoms with Crippen molar-refractivity contribution in [3.05, 3.63) is 0 Å². The van der Waals surface area contributed by atoms with E-state index in [4.69, 9.17) is 0 Å². The number of carbonyl (C=O) groups excluding carboxylic acids is 2. The van der Waals surface area contributed by atoms with Crippen molar-refractivity contribution >= 4 is 11.6 Å². The average molecular weight is 363 g/mol. The van der Waals surface area contributed by atoms with Crippen LogP contribution in [-0.4, -0.2) is 11.6 Å². The van der Waals surface area contributed by atoms with Gasteiger partial charge in [-0.05, 0) is 56.3 Å². The minimum Gasteiger partial charge on any atom is -0.300 e. The van der Waals surface area contributed by atoms with E-state index in [1.807, 2.05) is 0 Å². The van der Waals surface area contributed by atoms with E-state index in [2.05, 4.69) is 13.8 Å². The van der Waals surface area contributed by atoms with Gasteiger partial charge in [0, 0.05) is 25.2 Å². The van der Waals surface area contributed by atoms with Gasteiger partial charge in [-0.1, -0.05) is 58.8 Å². The molecule has 2 rings (SSSR count). The maximum atomic E-state index is 12.5. The van der Waals surface area contributed by atoms with Gasteiger partial charge in [0.1, 0.15) is 11.6 Å². The second kappa shape index (κ2) is 11.9. The lowest BCUT2D eigenvalue weighted by atomic mass is 9.66. The van der Waals surface area contributed by atoms with E-state index in [0.717, 1.165) is 50.4 Å². The van der Waals surface area contributed by atoms with E-state index in [1.54, 1.807) is 0 Å². The summed E-state index contributed by atoms with van der Waals surface area (Å²) < 4.78 is 0. The van der Waals surface area contributed by atoms with Crippen LogP contribution in [0.15, 0.2) is 0 Å². The Hall–Kier alpha value is -0.660. The Morgan fingerprint density at radius 1 is 0.846 bits per heavy atom. The Morgan fingerprint density at radius 2 is 1.58 bits per heavy atom. The van der Waals surface area contributed by atoms with Crippen LogP contribution < -0.4 is 0 Å². The van der Waals surface area contributed by atoms with Gasteiger partial charge in [-0.2, -0.15) is 0 Å². The third kappa shape index (κ3) is 7.53. The maximum Gasteiger partial charge on any atom is 0.135 e. The first-order valence-electron chi connectivity index (χ1n) is 11.6. The molecule has 26 heavy (non-hydrogen) atoms. The van der Waals surface area contributed by atoms with E-state index in [0.29, 0.717) is 36.2 Å². The fraction of sp³-hybridized carbons (Fsp3) is 0.917. The minimum absolute atomic E-state index is 0.337. The van der Waals surface area contributed by atoms with E-state index in [9.17, 15) is 9.59 Å². The van der Waals surface area contributed by atoms with Crippen LogP contribution in [-0.2, 0) is 9.59 Å². The van der Waals surface area contributed by atoms with E-state index < -0.39 is 0 Å². The van der Waals surface area contributed by atoms with Gasteiger partial charge in [0.15, 0.2) is 0 Å². The summed E-state index contributed by atoms with van der Waals surface area (Å²) in [7, 11) is 0. The molecular weight excluding hydrogens is 320 g/mol. The molecule has 2 nitrogen and oxygen atoms in total. The maximum absolute atomic E-state index is 12.5. The minimum atomic E-state index is 0.337. The molecule has 2 aliphatic rings. The number of fused-ring (bicyclic) bond motifs is 1. The fourth-order valence-electron chi connectivity index (χ4n) is 5.22. The second-order valence-corrected chi connectivity index (χ2v) is 9.31. The van der Waals surface area contributed by atoms with Gasteiger partial charge in [-0.3, -0.25) is 9.59 Å². The summed E-state index contributed by atoms with van der Waals surface area (Å²) in [5, 5.41) is 0. The molecular formula is C24H42O2. The zero-order chi connectivity index (χ0) is 18.8. The molecule has 0 amide bonds. The van der Waals surface area contributed by atoms with Crippen molar-refractivity contribution in [2.24, 2.45) is 23.7 Å². The van der Waals surface area contributed by atoms with Crippen LogP contribution in [0.3, 0.4) is 0 Å². The number of ketones is 2. The van der Waals surface area contributed by atoms with Crippen LogP contribution in [0.1, 0.15) is 117 Å². The lowest BCUT2D eigenvalue weighted by molar-refractivity contribution is -0.125. The van der Waals surface area contributed by atoms with Crippen molar-refractivity contribution in [1.82, 2.24) is 0 Å². The molecule has 0 bridgehead atoms. The third-order valence-electron chi connectivity index (χ3n) is 7.09. The van der Waals surface area contributed by atoms with Gasteiger partial charge in [0.25, 0.3) is 0 Å². The topological polar surface area (TPSA) is 34.1 Å². The predicted molar refractivity (Wildman–Crippen MR) is 109 cm³/mol. The van der Waals surface area contributed by atoms with E-state index in [-0.39, 0.29) is 0 Å². The quantitative estimate of drug-likeness (QED) is 0.354. The summed E-state index contributed by atoms with van der Waals surface area (Å²) >= 11 is 0. The largest absolute Gasteiger partial charge is 0.300 e. The van der Waals surface area contributed by atoms with Gasteiger partial charge in [0.2, 0.25) is 0 Å². The van der Waals surface area contributed by atoms with Gasteiger partial charge >= 0.3 is 0 Å². The Kier molecular flexibility index (Phi) is 9.93. The monoisotopic (exact) mass is 362 g/mol. The van der Waals surface area contributed by atoms with Crippen LogP contribution in [0.4, 0.5) is 0 Å². The first-order chi connectivity index (χ1) is 12.6. The number of hydrogen-bond donors (Lipinski definition) is 0. The Bertz CT molecular complexity index is 428. The number of Topliss-reactive ketones (excluding diaryl/α,β-unsaturated/α-hetero) is 2. The number of carbonyl (C=O) groups is 2. The average Bonchev–Trinajstić information content (AvgIpc) is 2.67. The molecule has 0 N–H and O–H groups in total. The predicted octanol–water partition coefficient (Wildman–Crippen LogP) is 6.90. The zero-order valence-corrected chi connectivity index (χ0v) is 17.4. The lowest BCUT2D eigenvalue weighted by Crippen LogP contribution is -2.31. The Balaban J connectivity index is 1.53. The molecule has 150 valence electrons. The van der Waals surface area contributed by atoms with Crippen molar-refractivity contribution in [3.8, 4) is 0 Å². The van der Waals surface area contributed by atoms with Crippen LogP contribution in [0.25, 0.3) is 0 Å². The van der Waals surface area contributed by atoms with Crippen LogP contribution >= 0.6 is 0 Å². The molecule has 2 aliphatic carbocycles. The number of rotatable bonds is 12. The number of hydrogen-bond acceptors (Lipinski definition) is 2. The molecule has 0 aromatic rings. The summed E-state index contributed by atoms with van der Waals surface area (Å²) in [5.41, 5.74) is 0. The highest BCUT2D eigenvalue weighted by Crippen LogP contribution is 2.43. The van der Waals surface area contributed by atoms with Gasteiger partial charge < -0.3 is 0 Å². The van der Waals surface area contributed by atoms with E-state index in [1.165, 1.54) is 51.4 Å². The molecule has 0 aromatic carbocycles. The highest BCUT2D eigenvalue weighted by Gasteiger charge is 2.34. The van der Waals surface area contributed by atoms with Crippen LogP contribution in [0.2, 0.25) is 0 Å². The molecule has 0 spiro atoms. The molecule has 0 aliphatic heterocycles. The van der Waals surface area contributed by atoms with Gasteiger partial charge in [-0.25, -0.2) is 0 Å². The second-order valence-electron chi connectivity index (χ2n) is 9.31. The Labute approximate surface area is 161 Å². The van der Waals surface area contributed by atoms with Crippen molar-refractivity contribution in [2.45, 2.75) is 117 Å².